The van der Waals surface area contributed by atoms with Gasteiger partial charge in [-0.3, -0.25) is 14.4 Å². The Hall–Kier alpha value is -2.37. The third-order valence-electron chi connectivity index (χ3n) is 3.71. The van der Waals surface area contributed by atoms with Crippen molar-refractivity contribution < 1.29 is 23.9 Å². The molecule has 1 aromatic rings. The molecule has 0 bridgehead atoms. The van der Waals surface area contributed by atoms with Crippen LogP contribution < -0.4 is 5.32 Å². The molecule has 1 N–H and O–H groups in total. The lowest BCUT2D eigenvalue weighted by Gasteiger charge is -2.25. The zero-order chi connectivity index (χ0) is 18.7. The van der Waals surface area contributed by atoms with Crippen molar-refractivity contribution in [2.75, 3.05) is 13.2 Å². The summed E-state index contributed by atoms with van der Waals surface area (Å²) >= 11 is 0. The maximum Gasteiger partial charge on any atom is 0.313 e. The van der Waals surface area contributed by atoms with Crippen molar-refractivity contribution in [3.05, 3.63) is 35.9 Å². The molecule has 0 fully saturated rings. The lowest BCUT2D eigenvalue weighted by atomic mass is 9.93. The molecule has 25 heavy (non-hydrogen) atoms. The number of benzene rings is 1. The molecule has 0 unspecified atom stereocenters. The summed E-state index contributed by atoms with van der Waals surface area (Å²) in [5.74, 6) is -1.46. The number of esters is 2. The van der Waals surface area contributed by atoms with E-state index in [1.54, 1.807) is 6.92 Å². The lowest BCUT2D eigenvalue weighted by molar-refractivity contribution is -0.162. The number of rotatable bonds is 10. The van der Waals surface area contributed by atoms with E-state index >= 15 is 0 Å². The molecule has 0 aliphatic carbocycles. The number of hydrogen-bond donors (Lipinski definition) is 1. The molecule has 0 saturated carbocycles. The number of amides is 1. The van der Waals surface area contributed by atoms with Gasteiger partial charge in [-0.2, -0.15) is 0 Å². The Labute approximate surface area is 148 Å². The van der Waals surface area contributed by atoms with Gasteiger partial charge in [-0.25, -0.2) is 0 Å². The zero-order valence-corrected chi connectivity index (χ0v) is 15.1. The largest absolute Gasteiger partial charge is 0.466 e. The second kappa shape index (κ2) is 11.2. The van der Waals surface area contributed by atoms with Gasteiger partial charge < -0.3 is 14.8 Å². The number of carbonyl (C=O) groups excluding carboxylic acids is 3. The molecule has 2 atom stereocenters. The van der Waals surface area contributed by atoms with Crippen molar-refractivity contribution in [1.29, 1.82) is 0 Å². The molecule has 0 saturated heterocycles. The summed E-state index contributed by atoms with van der Waals surface area (Å²) in [7, 11) is 0. The van der Waals surface area contributed by atoms with Gasteiger partial charge in [-0.05, 0) is 25.3 Å². The summed E-state index contributed by atoms with van der Waals surface area (Å²) in [4.78, 5) is 35.3. The summed E-state index contributed by atoms with van der Waals surface area (Å²) in [6.07, 6.45) is 0.467. The molecule has 138 valence electrons. The molecule has 0 aromatic heterocycles. The third kappa shape index (κ3) is 7.37. The van der Waals surface area contributed by atoms with Crippen LogP contribution in [0.1, 0.15) is 51.7 Å². The van der Waals surface area contributed by atoms with E-state index in [0.29, 0.717) is 19.4 Å². The van der Waals surface area contributed by atoms with Crippen LogP contribution >= 0.6 is 0 Å². The molecule has 0 aliphatic heterocycles. The molecule has 0 radical (unpaired) electrons. The van der Waals surface area contributed by atoms with Crippen molar-refractivity contribution in [3.8, 4) is 0 Å². The number of hydrogen-bond acceptors (Lipinski definition) is 5. The normalized spacial score (nSPS) is 12.8. The molecule has 6 nitrogen and oxygen atoms in total. The Morgan fingerprint density at radius 2 is 1.80 bits per heavy atom. The van der Waals surface area contributed by atoms with Gasteiger partial charge in [0.2, 0.25) is 5.91 Å². The predicted molar refractivity (Wildman–Crippen MR) is 93.6 cm³/mol. The van der Waals surface area contributed by atoms with Gasteiger partial charge in [0.25, 0.3) is 0 Å². The summed E-state index contributed by atoms with van der Waals surface area (Å²) in [6, 6.07) is 9.20. The highest BCUT2D eigenvalue weighted by atomic mass is 16.6. The highest BCUT2D eigenvalue weighted by Gasteiger charge is 2.32. The van der Waals surface area contributed by atoms with Crippen LogP contribution in [0.25, 0.3) is 0 Å². The molecule has 6 heteroatoms. The summed E-state index contributed by atoms with van der Waals surface area (Å²) < 4.78 is 10.7. The Bertz CT molecular complexity index is 558. The van der Waals surface area contributed by atoms with Gasteiger partial charge in [0.15, 0.2) is 0 Å². The highest BCUT2D eigenvalue weighted by Crippen LogP contribution is 2.30. The van der Waals surface area contributed by atoms with Crippen LogP contribution in [0.15, 0.2) is 30.3 Å². The molecule has 1 amide bonds. The fraction of sp³-hybridized carbons (Fsp3) is 0.526. The van der Waals surface area contributed by atoms with E-state index in [-0.39, 0.29) is 24.9 Å². The van der Waals surface area contributed by atoms with E-state index in [1.165, 1.54) is 6.92 Å². The van der Waals surface area contributed by atoms with E-state index in [9.17, 15) is 14.4 Å². The smallest absolute Gasteiger partial charge is 0.313 e. The first-order chi connectivity index (χ1) is 12.0. The Balaban J connectivity index is 2.79. The standard InChI is InChI=1S/C19H27NO5/c1-4-16(19(23)24-5-2)18(15-10-7-6-8-11-15)25-17(22)12-9-13-20-14(3)21/h6-8,10-11,16,18H,4-5,9,12-13H2,1-3H3,(H,20,21)/t16-,18-/m1/s1. The van der Waals surface area contributed by atoms with Crippen molar-refractivity contribution >= 4 is 17.8 Å². The second-order valence-corrected chi connectivity index (χ2v) is 5.67. The van der Waals surface area contributed by atoms with E-state index in [0.717, 1.165) is 5.56 Å². The molecule has 0 heterocycles. The molecular formula is C19H27NO5. The maximum absolute atomic E-state index is 12.2. The quantitative estimate of drug-likeness (QED) is 0.519. The first kappa shape index (κ1) is 20.7. The third-order valence-corrected chi connectivity index (χ3v) is 3.71. The zero-order valence-electron chi connectivity index (χ0n) is 15.1. The van der Waals surface area contributed by atoms with Crippen LogP contribution in [0.3, 0.4) is 0 Å². The fourth-order valence-corrected chi connectivity index (χ4v) is 2.48. The molecule has 1 rings (SSSR count). The van der Waals surface area contributed by atoms with E-state index in [2.05, 4.69) is 5.32 Å². The first-order valence-electron chi connectivity index (χ1n) is 8.65. The fourth-order valence-electron chi connectivity index (χ4n) is 2.48. The predicted octanol–water partition coefficient (Wildman–Crippen LogP) is 2.78. The summed E-state index contributed by atoms with van der Waals surface area (Å²) in [5, 5.41) is 2.63. The van der Waals surface area contributed by atoms with Crippen molar-refractivity contribution in [2.45, 2.75) is 46.1 Å². The van der Waals surface area contributed by atoms with Crippen LogP contribution in [-0.2, 0) is 23.9 Å². The Morgan fingerprint density at radius 3 is 2.36 bits per heavy atom. The molecule has 1 aromatic carbocycles. The van der Waals surface area contributed by atoms with E-state index in [1.807, 2.05) is 37.3 Å². The molecule has 0 aliphatic rings. The van der Waals surface area contributed by atoms with E-state index in [4.69, 9.17) is 9.47 Å². The SMILES string of the molecule is CCOC(=O)[C@H](CC)[C@H](OC(=O)CCCNC(C)=O)c1ccccc1. The lowest BCUT2D eigenvalue weighted by Crippen LogP contribution is -2.28. The van der Waals surface area contributed by atoms with Crippen LogP contribution in [0.2, 0.25) is 0 Å². The van der Waals surface area contributed by atoms with Gasteiger partial charge in [-0.1, -0.05) is 37.3 Å². The number of carbonyl (C=O) groups is 3. The van der Waals surface area contributed by atoms with Gasteiger partial charge in [0, 0.05) is 19.9 Å². The van der Waals surface area contributed by atoms with Crippen LogP contribution in [0.4, 0.5) is 0 Å². The monoisotopic (exact) mass is 349 g/mol. The van der Waals surface area contributed by atoms with Crippen LogP contribution in [0, 0.1) is 5.92 Å². The van der Waals surface area contributed by atoms with Gasteiger partial charge in [0.1, 0.15) is 6.10 Å². The summed E-state index contributed by atoms with van der Waals surface area (Å²) in [6.45, 7) is 5.73. The maximum atomic E-state index is 12.2. The minimum atomic E-state index is -0.682. The Kier molecular flexibility index (Phi) is 9.29. The first-order valence-corrected chi connectivity index (χ1v) is 8.65. The number of nitrogens with one attached hydrogen (secondary N) is 1. The average Bonchev–Trinajstić information content (AvgIpc) is 2.59. The second-order valence-electron chi connectivity index (χ2n) is 5.67. The van der Waals surface area contributed by atoms with Crippen LogP contribution in [-0.4, -0.2) is 31.0 Å². The van der Waals surface area contributed by atoms with E-state index < -0.39 is 18.0 Å². The molecular weight excluding hydrogens is 322 g/mol. The minimum absolute atomic E-state index is 0.135. The number of ether oxygens (including phenoxy) is 2. The topological polar surface area (TPSA) is 81.7 Å². The van der Waals surface area contributed by atoms with Gasteiger partial charge >= 0.3 is 11.9 Å². The minimum Gasteiger partial charge on any atom is -0.466 e. The van der Waals surface area contributed by atoms with Crippen molar-refractivity contribution in [2.24, 2.45) is 5.92 Å². The Morgan fingerprint density at radius 1 is 1.12 bits per heavy atom. The summed E-state index contributed by atoms with van der Waals surface area (Å²) in [5.41, 5.74) is 0.762. The van der Waals surface area contributed by atoms with Crippen molar-refractivity contribution in [1.82, 2.24) is 5.32 Å². The van der Waals surface area contributed by atoms with Gasteiger partial charge in [0.05, 0.1) is 12.5 Å². The average molecular weight is 349 g/mol. The van der Waals surface area contributed by atoms with Crippen LogP contribution in [0.5, 0.6) is 0 Å². The highest BCUT2D eigenvalue weighted by molar-refractivity contribution is 5.75. The molecule has 0 spiro atoms. The van der Waals surface area contributed by atoms with Crippen molar-refractivity contribution in [3.63, 3.8) is 0 Å². The van der Waals surface area contributed by atoms with Gasteiger partial charge in [-0.15, -0.1) is 0 Å².